The standard InChI is InChI=1S/C21H19F3N6O/c1-3-29(4-2)18-10-9-14(13-25)19(27-18)30-12-11-17(28-30)26-20(31)15-7-5-6-8-16(15)21(22,23)24/h5-12H,3-4H2,1-2H3,(H,26,28,31). The van der Waals surface area contributed by atoms with Crippen LogP contribution in [0, 0.1) is 11.3 Å². The van der Waals surface area contributed by atoms with Gasteiger partial charge in [0.2, 0.25) is 0 Å². The van der Waals surface area contributed by atoms with Crippen LogP contribution in [0.15, 0.2) is 48.7 Å². The third-order valence-electron chi connectivity index (χ3n) is 4.59. The molecule has 1 aromatic carbocycles. The molecule has 0 bridgehead atoms. The third-order valence-corrected chi connectivity index (χ3v) is 4.59. The second kappa shape index (κ2) is 8.87. The first kappa shape index (κ1) is 21.8. The van der Waals surface area contributed by atoms with E-state index in [2.05, 4.69) is 15.4 Å². The zero-order valence-electron chi connectivity index (χ0n) is 16.8. The molecule has 0 saturated carbocycles. The number of aromatic nitrogens is 3. The molecular formula is C21H19F3N6O. The lowest BCUT2D eigenvalue weighted by Gasteiger charge is -2.20. The first-order chi connectivity index (χ1) is 14.8. The predicted molar refractivity (Wildman–Crippen MR) is 109 cm³/mol. The van der Waals surface area contributed by atoms with Crippen LogP contribution in [0.3, 0.4) is 0 Å². The third kappa shape index (κ3) is 4.66. The van der Waals surface area contributed by atoms with E-state index in [1.54, 1.807) is 12.1 Å². The molecule has 0 unspecified atom stereocenters. The lowest BCUT2D eigenvalue weighted by atomic mass is 10.1. The highest BCUT2D eigenvalue weighted by molar-refractivity contribution is 6.04. The van der Waals surface area contributed by atoms with Crippen molar-refractivity contribution in [3.63, 3.8) is 0 Å². The number of halogens is 3. The molecule has 0 saturated heterocycles. The fourth-order valence-corrected chi connectivity index (χ4v) is 3.04. The first-order valence-electron chi connectivity index (χ1n) is 9.48. The summed E-state index contributed by atoms with van der Waals surface area (Å²) in [6.45, 7) is 5.38. The SMILES string of the molecule is CCN(CC)c1ccc(C#N)c(-n2ccc(NC(=O)c3ccccc3C(F)(F)F)n2)n1. The number of hydrogen-bond donors (Lipinski definition) is 1. The first-order valence-corrected chi connectivity index (χ1v) is 9.48. The van der Waals surface area contributed by atoms with Gasteiger partial charge in [0, 0.05) is 25.4 Å². The van der Waals surface area contributed by atoms with E-state index in [4.69, 9.17) is 0 Å². The van der Waals surface area contributed by atoms with Crippen molar-refractivity contribution in [1.82, 2.24) is 14.8 Å². The van der Waals surface area contributed by atoms with Gasteiger partial charge in [-0.1, -0.05) is 12.1 Å². The number of amides is 1. The molecule has 160 valence electrons. The molecule has 0 spiro atoms. The van der Waals surface area contributed by atoms with Crippen LogP contribution in [0.5, 0.6) is 0 Å². The minimum Gasteiger partial charge on any atom is -0.357 e. The largest absolute Gasteiger partial charge is 0.417 e. The topological polar surface area (TPSA) is 86.8 Å². The van der Waals surface area contributed by atoms with Crippen molar-refractivity contribution in [3.8, 4) is 11.9 Å². The summed E-state index contributed by atoms with van der Waals surface area (Å²) < 4.78 is 40.8. The summed E-state index contributed by atoms with van der Waals surface area (Å²) in [5.41, 5.74) is -1.28. The molecule has 0 fully saturated rings. The van der Waals surface area contributed by atoms with Crippen LogP contribution >= 0.6 is 0 Å². The molecular weight excluding hydrogens is 409 g/mol. The van der Waals surface area contributed by atoms with E-state index in [0.29, 0.717) is 18.9 Å². The normalized spacial score (nSPS) is 11.1. The number of hydrogen-bond acceptors (Lipinski definition) is 5. The van der Waals surface area contributed by atoms with Crippen LogP contribution in [0.25, 0.3) is 5.82 Å². The fourth-order valence-electron chi connectivity index (χ4n) is 3.04. The zero-order valence-corrected chi connectivity index (χ0v) is 16.8. The molecule has 10 heteroatoms. The highest BCUT2D eigenvalue weighted by Crippen LogP contribution is 2.32. The Hall–Kier alpha value is -3.87. The van der Waals surface area contributed by atoms with Crippen molar-refractivity contribution in [3.05, 3.63) is 65.4 Å². The quantitative estimate of drug-likeness (QED) is 0.634. The number of nitrogens with one attached hydrogen (secondary N) is 1. The smallest absolute Gasteiger partial charge is 0.357 e. The summed E-state index contributed by atoms with van der Waals surface area (Å²) in [5, 5.41) is 15.9. The summed E-state index contributed by atoms with van der Waals surface area (Å²) in [6, 6.07) is 11.3. The highest BCUT2D eigenvalue weighted by Gasteiger charge is 2.34. The molecule has 0 aliphatic carbocycles. The Morgan fingerprint density at radius 1 is 1.16 bits per heavy atom. The van der Waals surface area contributed by atoms with Gasteiger partial charge in [0.1, 0.15) is 11.9 Å². The van der Waals surface area contributed by atoms with Crippen LogP contribution < -0.4 is 10.2 Å². The Balaban J connectivity index is 1.90. The van der Waals surface area contributed by atoms with Crippen LogP contribution in [0.1, 0.15) is 35.3 Å². The highest BCUT2D eigenvalue weighted by atomic mass is 19.4. The minimum absolute atomic E-state index is 0.0286. The van der Waals surface area contributed by atoms with Crippen molar-refractivity contribution in [2.45, 2.75) is 20.0 Å². The molecule has 3 aromatic rings. The maximum absolute atomic E-state index is 13.2. The van der Waals surface area contributed by atoms with Crippen LogP contribution in [-0.2, 0) is 6.18 Å². The minimum atomic E-state index is -4.66. The van der Waals surface area contributed by atoms with E-state index >= 15 is 0 Å². The molecule has 7 nitrogen and oxygen atoms in total. The summed E-state index contributed by atoms with van der Waals surface area (Å²) in [7, 11) is 0. The van der Waals surface area contributed by atoms with Gasteiger partial charge >= 0.3 is 6.18 Å². The molecule has 0 aliphatic heterocycles. The van der Waals surface area contributed by atoms with Gasteiger partial charge in [0.25, 0.3) is 5.91 Å². The number of nitriles is 1. The van der Waals surface area contributed by atoms with E-state index in [1.165, 1.54) is 29.1 Å². The van der Waals surface area contributed by atoms with E-state index in [1.807, 2.05) is 24.8 Å². The van der Waals surface area contributed by atoms with Crippen LogP contribution in [0.4, 0.5) is 24.8 Å². The number of benzene rings is 1. The molecule has 2 heterocycles. The average Bonchev–Trinajstić information content (AvgIpc) is 3.22. The van der Waals surface area contributed by atoms with Crippen LogP contribution in [0.2, 0.25) is 0 Å². The van der Waals surface area contributed by atoms with E-state index < -0.39 is 23.2 Å². The lowest BCUT2D eigenvalue weighted by Crippen LogP contribution is -2.23. The number of carbonyl (C=O) groups excluding carboxylic acids is 1. The van der Waals surface area contributed by atoms with Crippen molar-refractivity contribution >= 4 is 17.5 Å². The van der Waals surface area contributed by atoms with Crippen molar-refractivity contribution in [2.24, 2.45) is 0 Å². The van der Waals surface area contributed by atoms with Gasteiger partial charge in [-0.25, -0.2) is 9.67 Å². The summed E-state index contributed by atoms with van der Waals surface area (Å²) in [4.78, 5) is 18.9. The Bertz CT molecular complexity index is 1130. The van der Waals surface area contributed by atoms with Gasteiger partial charge in [0.15, 0.2) is 11.6 Å². The number of carbonyl (C=O) groups is 1. The van der Waals surface area contributed by atoms with Crippen molar-refractivity contribution in [2.75, 3.05) is 23.3 Å². The molecule has 0 radical (unpaired) electrons. The van der Waals surface area contributed by atoms with Gasteiger partial charge in [-0.3, -0.25) is 4.79 Å². The van der Waals surface area contributed by atoms with Gasteiger partial charge in [-0.2, -0.15) is 18.4 Å². The number of anilines is 2. The van der Waals surface area contributed by atoms with Gasteiger partial charge in [-0.05, 0) is 38.1 Å². The fraction of sp³-hybridized carbons (Fsp3) is 0.238. The molecule has 0 atom stereocenters. The molecule has 31 heavy (non-hydrogen) atoms. The Morgan fingerprint density at radius 3 is 2.52 bits per heavy atom. The second-order valence-corrected chi connectivity index (χ2v) is 6.47. The van der Waals surface area contributed by atoms with Gasteiger partial charge < -0.3 is 10.2 Å². The maximum Gasteiger partial charge on any atom is 0.417 e. The van der Waals surface area contributed by atoms with Crippen molar-refractivity contribution in [1.29, 1.82) is 5.26 Å². The number of rotatable bonds is 6. The number of pyridine rings is 1. The average molecular weight is 428 g/mol. The Labute approximate surface area is 176 Å². The molecule has 3 rings (SSSR count). The Kier molecular flexibility index (Phi) is 6.25. The second-order valence-electron chi connectivity index (χ2n) is 6.47. The van der Waals surface area contributed by atoms with E-state index in [0.717, 1.165) is 12.1 Å². The van der Waals surface area contributed by atoms with E-state index in [9.17, 15) is 23.2 Å². The number of alkyl halides is 3. The lowest BCUT2D eigenvalue weighted by molar-refractivity contribution is -0.137. The molecule has 1 N–H and O–H groups in total. The summed E-state index contributed by atoms with van der Waals surface area (Å²) in [5.74, 6) is -0.00766. The van der Waals surface area contributed by atoms with E-state index in [-0.39, 0.29) is 17.2 Å². The van der Waals surface area contributed by atoms with Gasteiger partial charge in [-0.15, -0.1) is 5.10 Å². The Morgan fingerprint density at radius 2 is 1.87 bits per heavy atom. The monoisotopic (exact) mass is 428 g/mol. The van der Waals surface area contributed by atoms with Crippen LogP contribution in [-0.4, -0.2) is 33.8 Å². The predicted octanol–water partition coefficient (Wildman–Crippen LogP) is 4.26. The summed E-state index contributed by atoms with van der Waals surface area (Å²) >= 11 is 0. The van der Waals surface area contributed by atoms with Gasteiger partial charge in [0.05, 0.1) is 16.7 Å². The molecule has 0 aliphatic rings. The molecule has 1 amide bonds. The van der Waals surface area contributed by atoms with Crippen molar-refractivity contribution < 1.29 is 18.0 Å². The maximum atomic E-state index is 13.2. The number of nitrogens with zero attached hydrogens (tertiary/aromatic N) is 5. The summed E-state index contributed by atoms with van der Waals surface area (Å²) in [6.07, 6.45) is -3.19. The molecule has 2 aromatic heterocycles. The zero-order chi connectivity index (χ0) is 22.6.